The van der Waals surface area contributed by atoms with Crippen LogP contribution in [0.5, 0.6) is 0 Å². The first-order chi connectivity index (χ1) is 14.9. The Balaban J connectivity index is 1.32. The zero-order valence-electron chi connectivity index (χ0n) is 17.5. The summed E-state index contributed by atoms with van der Waals surface area (Å²) in [4.78, 5) is 42.5. The minimum Gasteiger partial charge on any atom is -0.343 e. The molecule has 31 heavy (non-hydrogen) atoms. The van der Waals surface area contributed by atoms with Gasteiger partial charge >= 0.3 is 0 Å². The normalized spacial score (nSPS) is 13.8. The van der Waals surface area contributed by atoms with E-state index in [0.29, 0.717) is 24.2 Å². The SMILES string of the molecule is CC(C)n1ncc2cc(NC(=O)CNC(=O)c3ccc(N4CCCC4=O)cc3)cnc21. The lowest BCUT2D eigenvalue weighted by Crippen LogP contribution is -2.33. The summed E-state index contributed by atoms with van der Waals surface area (Å²) in [5.74, 6) is -0.621. The molecule has 0 spiro atoms. The highest BCUT2D eigenvalue weighted by atomic mass is 16.2. The van der Waals surface area contributed by atoms with Gasteiger partial charge in [0.05, 0.1) is 24.6 Å². The van der Waals surface area contributed by atoms with Crippen molar-refractivity contribution < 1.29 is 14.4 Å². The minimum atomic E-state index is -0.360. The predicted molar refractivity (Wildman–Crippen MR) is 117 cm³/mol. The minimum absolute atomic E-state index is 0.0955. The summed E-state index contributed by atoms with van der Waals surface area (Å²) in [6, 6.07) is 8.78. The van der Waals surface area contributed by atoms with E-state index in [4.69, 9.17) is 0 Å². The van der Waals surface area contributed by atoms with Gasteiger partial charge in [-0.05, 0) is 50.6 Å². The predicted octanol–water partition coefficient (Wildman–Crippen LogP) is 2.51. The first-order valence-electron chi connectivity index (χ1n) is 10.2. The number of fused-ring (bicyclic) bond motifs is 1. The molecule has 2 N–H and O–H groups in total. The topological polar surface area (TPSA) is 109 Å². The highest BCUT2D eigenvalue weighted by Gasteiger charge is 2.21. The van der Waals surface area contributed by atoms with Gasteiger partial charge in [0.25, 0.3) is 5.91 Å². The molecule has 0 aliphatic carbocycles. The molecule has 3 aromatic rings. The van der Waals surface area contributed by atoms with Gasteiger partial charge in [-0.25, -0.2) is 9.67 Å². The van der Waals surface area contributed by atoms with E-state index in [0.717, 1.165) is 23.1 Å². The number of benzene rings is 1. The lowest BCUT2D eigenvalue weighted by Gasteiger charge is -2.15. The summed E-state index contributed by atoms with van der Waals surface area (Å²) in [6.07, 6.45) is 4.68. The van der Waals surface area contributed by atoms with E-state index in [1.54, 1.807) is 47.6 Å². The lowest BCUT2D eigenvalue weighted by atomic mass is 10.2. The number of rotatable bonds is 6. The fourth-order valence-electron chi connectivity index (χ4n) is 3.57. The summed E-state index contributed by atoms with van der Waals surface area (Å²) in [6.45, 7) is 4.57. The third kappa shape index (κ3) is 4.40. The zero-order chi connectivity index (χ0) is 22.0. The quantitative estimate of drug-likeness (QED) is 0.637. The van der Waals surface area contributed by atoms with Crippen molar-refractivity contribution in [3.05, 3.63) is 48.3 Å². The van der Waals surface area contributed by atoms with E-state index in [9.17, 15) is 14.4 Å². The van der Waals surface area contributed by atoms with Crippen LogP contribution in [-0.4, -0.2) is 45.6 Å². The van der Waals surface area contributed by atoms with E-state index in [-0.39, 0.29) is 30.3 Å². The van der Waals surface area contributed by atoms with Gasteiger partial charge in [0.15, 0.2) is 5.65 Å². The highest BCUT2D eigenvalue weighted by Crippen LogP contribution is 2.22. The standard InChI is InChI=1S/C22H24N6O3/c1-14(2)28-21-16(11-25-28)10-17(12-23-21)26-19(29)13-24-22(31)15-5-7-18(8-6-15)27-9-3-4-20(27)30/h5-8,10-12,14H,3-4,9,13H2,1-2H3,(H,24,31)(H,26,29). The van der Waals surface area contributed by atoms with E-state index in [1.165, 1.54) is 0 Å². The Bertz CT molecular complexity index is 1140. The molecule has 160 valence electrons. The largest absolute Gasteiger partial charge is 0.343 e. The number of amides is 3. The van der Waals surface area contributed by atoms with Gasteiger partial charge in [0, 0.05) is 35.6 Å². The third-order valence-electron chi connectivity index (χ3n) is 5.13. The number of carbonyl (C=O) groups excluding carboxylic acids is 3. The molecule has 0 radical (unpaired) electrons. The lowest BCUT2D eigenvalue weighted by molar-refractivity contribution is -0.117. The van der Waals surface area contributed by atoms with Gasteiger partial charge < -0.3 is 15.5 Å². The van der Waals surface area contributed by atoms with Gasteiger partial charge in [-0.2, -0.15) is 5.10 Å². The number of hydrogen-bond donors (Lipinski definition) is 2. The summed E-state index contributed by atoms with van der Waals surface area (Å²) in [5.41, 5.74) is 2.49. The Kier molecular flexibility index (Phi) is 5.66. The van der Waals surface area contributed by atoms with Crippen molar-refractivity contribution in [3.8, 4) is 0 Å². The molecule has 9 nitrogen and oxygen atoms in total. The van der Waals surface area contributed by atoms with Crippen LogP contribution in [-0.2, 0) is 9.59 Å². The Labute approximate surface area is 179 Å². The molecule has 1 fully saturated rings. The zero-order valence-corrected chi connectivity index (χ0v) is 17.5. The van der Waals surface area contributed by atoms with Crippen LogP contribution in [0.15, 0.2) is 42.7 Å². The van der Waals surface area contributed by atoms with Crippen molar-refractivity contribution in [2.75, 3.05) is 23.3 Å². The van der Waals surface area contributed by atoms with Crippen LogP contribution in [0.1, 0.15) is 43.1 Å². The van der Waals surface area contributed by atoms with E-state index in [2.05, 4.69) is 20.7 Å². The van der Waals surface area contributed by atoms with Crippen molar-refractivity contribution in [2.45, 2.75) is 32.7 Å². The molecule has 1 aliphatic rings. The van der Waals surface area contributed by atoms with E-state index in [1.807, 2.05) is 18.5 Å². The molecule has 9 heteroatoms. The number of carbonyl (C=O) groups is 3. The Morgan fingerprint density at radius 2 is 1.94 bits per heavy atom. The molecule has 4 rings (SSSR count). The molecule has 0 bridgehead atoms. The maximum absolute atomic E-state index is 12.3. The van der Waals surface area contributed by atoms with Gasteiger partial charge in [-0.1, -0.05) is 0 Å². The second kappa shape index (κ2) is 8.55. The fraction of sp³-hybridized carbons (Fsp3) is 0.318. The fourth-order valence-corrected chi connectivity index (χ4v) is 3.57. The molecular formula is C22H24N6O3. The monoisotopic (exact) mass is 420 g/mol. The van der Waals surface area contributed by atoms with Crippen LogP contribution in [0.2, 0.25) is 0 Å². The van der Waals surface area contributed by atoms with Crippen LogP contribution >= 0.6 is 0 Å². The van der Waals surface area contributed by atoms with E-state index >= 15 is 0 Å². The third-order valence-corrected chi connectivity index (χ3v) is 5.13. The number of nitrogens with one attached hydrogen (secondary N) is 2. The molecule has 1 aromatic carbocycles. The maximum atomic E-state index is 12.3. The Morgan fingerprint density at radius 1 is 1.16 bits per heavy atom. The molecule has 0 atom stereocenters. The average Bonchev–Trinajstić information content (AvgIpc) is 3.38. The Morgan fingerprint density at radius 3 is 2.61 bits per heavy atom. The molecule has 3 heterocycles. The number of pyridine rings is 1. The van der Waals surface area contributed by atoms with Crippen LogP contribution in [0.25, 0.3) is 11.0 Å². The molecular weight excluding hydrogens is 396 g/mol. The summed E-state index contributed by atoms with van der Waals surface area (Å²) in [7, 11) is 0. The number of anilines is 2. The van der Waals surface area contributed by atoms with Crippen LogP contribution < -0.4 is 15.5 Å². The van der Waals surface area contributed by atoms with Crippen LogP contribution in [0.4, 0.5) is 11.4 Å². The molecule has 1 aliphatic heterocycles. The smallest absolute Gasteiger partial charge is 0.251 e. The van der Waals surface area contributed by atoms with Crippen molar-refractivity contribution in [3.63, 3.8) is 0 Å². The van der Waals surface area contributed by atoms with Crippen molar-refractivity contribution >= 4 is 40.1 Å². The summed E-state index contributed by atoms with van der Waals surface area (Å²) < 4.78 is 1.81. The van der Waals surface area contributed by atoms with Crippen LogP contribution in [0, 0.1) is 0 Å². The van der Waals surface area contributed by atoms with E-state index < -0.39 is 0 Å². The van der Waals surface area contributed by atoms with Gasteiger partial charge in [-0.15, -0.1) is 0 Å². The molecule has 2 aromatic heterocycles. The summed E-state index contributed by atoms with van der Waals surface area (Å²) >= 11 is 0. The first kappa shape index (κ1) is 20.5. The van der Waals surface area contributed by atoms with Gasteiger partial charge in [0.2, 0.25) is 11.8 Å². The van der Waals surface area contributed by atoms with Gasteiger partial charge in [-0.3, -0.25) is 14.4 Å². The Hall–Kier alpha value is -3.75. The van der Waals surface area contributed by atoms with Gasteiger partial charge in [0.1, 0.15) is 0 Å². The maximum Gasteiger partial charge on any atom is 0.251 e. The second-order valence-corrected chi connectivity index (χ2v) is 7.75. The second-order valence-electron chi connectivity index (χ2n) is 7.75. The number of hydrogen-bond acceptors (Lipinski definition) is 5. The molecule has 0 unspecified atom stereocenters. The average molecular weight is 420 g/mol. The molecule has 1 saturated heterocycles. The molecule has 0 saturated carbocycles. The van der Waals surface area contributed by atoms with Crippen molar-refractivity contribution in [1.29, 1.82) is 0 Å². The molecule has 3 amide bonds. The van der Waals surface area contributed by atoms with Crippen molar-refractivity contribution in [1.82, 2.24) is 20.1 Å². The van der Waals surface area contributed by atoms with Crippen molar-refractivity contribution in [2.24, 2.45) is 0 Å². The first-order valence-corrected chi connectivity index (χ1v) is 10.2. The highest BCUT2D eigenvalue weighted by molar-refractivity contribution is 6.00. The summed E-state index contributed by atoms with van der Waals surface area (Å²) in [5, 5.41) is 10.5. The number of aromatic nitrogens is 3. The number of nitrogens with zero attached hydrogens (tertiary/aromatic N) is 4. The van der Waals surface area contributed by atoms with Crippen LogP contribution in [0.3, 0.4) is 0 Å².